The van der Waals surface area contributed by atoms with Gasteiger partial charge in [0.15, 0.2) is 13.1 Å². The number of methoxy groups -OCH3 is 1. The van der Waals surface area contributed by atoms with Crippen LogP contribution in [-0.2, 0) is 9.59 Å². The zero-order valence-corrected chi connectivity index (χ0v) is 17.6. The van der Waals surface area contributed by atoms with Crippen LogP contribution < -0.4 is 20.3 Å². The summed E-state index contributed by atoms with van der Waals surface area (Å²) in [6, 6.07) is 7.28. The maximum atomic E-state index is 12.8. The number of carbonyl (C=O) groups excluding carboxylic acids is 2. The SMILES string of the molecule is CC[NH+](CC(=O)Nc1ccc(OC)cc1)CC(=O)NC12CC3CC(CC(C3)C1)C2. The Morgan fingerprint density at radius 3 is 2.07 bits per heavy atom. The second-order valence-corrected chi connectivity index (χ2v) is 9.48. The third-order valence-corrected chi connectivity index (χ3v) is 7.14. The second kappa shape index (κ2) is 8.34. The first-order valence-electron chi connectivity index (χ1n) is 11.1. The number of ether oxygens (including phenoxy) is 1. The van der Waals surface area contributed by atoms with E-state index in [2.05, 4.69) is 10.6 Å². The maximum Gasteiger partial charge on any atom is 0.279 e. The van der Waals surface area contributed by atoms with E-state index >= 15 is 0 Å². The van der Waals surface area contributed by atoms with Gasteiger partial charge < -0.3 is 20.3 Å². The molecule has 5 rings (SSSR count). The molecule has 4 aliphatic rings. The Morgan fingerprint density at radius 1 is 1.00 bits per heavy atom. The molecule has 1 atom stereocenters. The summed E-state index contributed by atoms with van der Waals surface area (Å²) in [4.78, 5) is 26.2. The predicted octanol–water partition coefficient (Wildman–Crippen LogP) is 1.62. The van der Waals surface area contributed by atoms with Gasteiger partial charge in [0.2, 0.25) is 0 Å². The quantitative estimate of drug-likeness (QED) is 0.621. The minimum Gasteiger partial charge on any atom is -0.497 e. The van der Waals surface area contributed by atoms with Gasteiger partial charge in [-0.05, 0) is 87.5 Å². The summed E-state index contributed by atoms with van der Waals surface area (Å²) in [7, 11) is 1.62. The van der Waals surface area contributed by atoms with Crippen molar-refractivity contribution in [1.82, 2.24) is 5.32 Å². The molecule has 0 aromatic heterocycles. The van der Waals surface area contributed by atoms with Gasteiger partial charge in [0.1, 0.15) is 5.75 Å². The summed E-state index contributed by atoms with van der Waals surface area (Å²) < 4.78 is 5.14. The fraction of sp³-hybridized carbons (Fsp3) is 0.652. The van der Waals surface area contributed by atoms with E-state index in [1.807, 2.05) is 31.2 Å². The van der Waals surface area contributed by atoms with Crippen LogP contribution in [0.25, 0.3) is 0 Å². The molecule has 6 nitrogen and oxygen atoms in total. The molecule has 0 heterocycles. The molecule has 0 aliphatic heterocycles. The number of nitrogens with one attached hydrogen (secondary N) is 3. The summed E-state index contributed by atoms with van der Waals surface area (Å²) >= 11 is 0. The Morgan fingerprint density at radius 2 is 1.55 bits per heavy atom. The van der Waals surface area contributed by atoms with Crippen molar-refractivity contribution in [1.29, 1.82) is 0 Å². The van der Waals surface area contributed by atoms with Gasteiger partial charge in [0, 0.05) is 11.2 Å². The third kappa shape index (κ3) is 4.74. The van der Waals surface area contributed by atoms with Crippen molar-refractivity contribution in [2.45, 2.75) is 51.0 Å². The smallest absolute Gasteiger partial charge is 0.279 e. The molecule has 1 unspecified atom stereocenters. The monoisotopic (exact) mass is 400 g/mol. The number of carbonyl (C=O) groups is 2. The van der Waals surface area contributed by atoms with Gasteiger partial charge in [-0.1, -0.05) is 0 Å². The first kappa shape index (κ1) is 20.2. The highest BCUT2D eigenvalue weighted by Gasteiger charge is 2.51. The molecule has 4 fully saturated rings. The van der Waals surface area contributed by atoms with Crippen molar-refractivity contribution in [3.8, 4) is 5.75 Å². The van der Waals surface area contributed by atoms with E-state index in [1.54, 1.807) is 7.11 Å². The van der Waals surface area contributed by atoms with Crippen LogP contribution in [0.15, 0.2) is 24.3 Å². The van der Waals surface area contributed by atoms with Crippen LogP contribution >= 0.6 is 0 Å². The molecule has 4 aliphatic carbocycles. The Bertz CT molecular complexity index is 711. The number of rotatable bonds is 8. The van der Waals surface area contributed by atoms with Crippen molar-refractivity contribution in [2.24, 2.45) is 17.8 Å². The highest BCUT2D eigenvalue weighted by atomic mass is 16.5. The standard InChI is InChI=1S/C23H33N3O3/c1-3-26(14-21(27)24-19-4-6-20(29-2)7-5-19)15-22(28)25-23-11-16-8-17(12-23)10-18(9-16)13-23/h4-7,16-18H,3,8-15H2,1-2H3,(H,24,27)(H,25,28)/p+1. The second-order valence-electron chi connectivity index (χ2n) is 9.48. The van der Waals surface area contributed by atoms with Crippen LogP contribution in [0.3, 0.4) is 0 Å². The third-order valence-electron chi connectivity index (χ3n) is 7.14. The summed E-state index contributed by atoms with van der Waals surface area (Å²) in [6.07, 6.45) is 7.57. The largest absolute Gasteiger partial charge is 0.497 e. The predicted molar refractivity (Wildman–Crippen MR) is 112 cm³/mol. The van der Waals surface area contributed by atoms with Crippen LogP contribution in [-0.4, -0.2) is 44.1 Å². The summed E-state index contributed by atoms with van der Waals surface area (Å²) in [5.74, 6) is 3.21. The van der Waals surface area contributed by atoms with Crippen LogP contribution in [0.4, 0.5) is 5.69 Å². The van der Waals surface area contributed by atoms with E-state index in [0.717, 1.165) is 59.9 Å². The molecule has 0 radical (unpaired) electrons. The first-order chi connectivity index (χ1) is 14.0. The minimum absolute atomic E-state index is 0.0377. The van der Waals surface area contributed by atoms with Crippen molar-refractivity contribution < 1.29 is 19.2 Å². The molecule has 158 valence electrons. The molecule has 1 aromatic rings. The first-order valence-corrected chi connectivity index (χ1v) is 11.1. The topological polar surface area (TPSA) is 71.9 Å². The van der Waals surface area contributed by atoms with E-state index < -0.39 is 0 Å². The molecule has 2 amide bonds. The van der Waals surface area contributed by atoms with Gasteiger partial charge in [0.05, 0.1) is 13.7 Å². The lowest BCUT2D eigenvalue weighted by molar-refractivity contribution is -0.881. The fourth-order valence-electron chi connectivity index (χ4n) is 6.25. The van der Waals surface area contributed by atoms with Gasteiger partial charge in [-0.15, -0.1) is 0 Å². The van der Waals surface area contributed by atoms with E-state index in [1.165, 1.54) is 19.3 Å². The lowest BCUT2D eigenvalue weighted by Gasteiger charge is -2.56. The molecular formula is C23H34N3O3+. The number of quaternary nitrogens is 1. The molecule has 6 heteroatoms. The number of benzene rings is 1. The summed E-state index contributed by atoms with van der Waals surface area (Å²) in [5, 5.41) is 6.33. The van der Waals surface area contributed by atoms with E-state index in [4.69, 9.17) is 4.74 Å². The molecule has 4 bridgehead atoms. The average Bonchev–Trinajstić information content (AvgIpc) is 2.66. The highest BCUT2D eigenvalue weighted by molar-refractivity contribution is 5.91. The molecule has 3 N–H and O–H groups in total. The number of hydrogen-bond donors (Lipinski definition) is 3. The lowest BCUT2D eigenvalue weighted by atomic mass is 9.53. The molecule has 0 saturated heterocycles. The lowest BCUT2D eigenvalue weighted by Crippen LogP contribution is -3.14. The van der Waals surface area contributed by atoms with Gasteiger partial charge in [-0.25, -0.2) is 0 Å². The van der Waals surface area contributed by atoms with Crippen molar-refractivity contribution >= 4 is 17.5 Å². The Labute approximate surface area is 173 Å². The summed E-state index contributed by atoms with van der Waals surface area (Å²) in [5.41, 5.74) is 0.778. The van der Waals surface area contributed by atoms with E-state index in [0.29, 0.717) is 6.54 Å². The average molecular weight is 401 g/mol. The molecule has 29 heavy (non-hydrogen) atoms. The van der Waals surface area contributed by atoms with E-state index in [-0.39, 0.29) is 23.9 Å². The van der Waals surface area contributed by atoms with Gasteiger partial charge in [-0.3, -0.25) is 9.59 Å². The maximum absolute atomic E-state index is 12.8. The molecule has 1 aromatic carbocycles. The zero-order valence-electron chi connectivity index (χ0n) is 17.6. The zero-order chi connectivity index (χ0) is 20.4. The highest BCUT2D eigenvalue weighted by Crippen LogP contribution is 2.55. The minimum atomic E-state index is -0.0744. The number of amides is 2. The summed E-state index contributed by atoms with van der Waals surface area (Å²) in [6.45, 7) is 3.41. The van der Waals surface area contributed by atoms with Crippen molar-refractivity contribution in [3.63, 3.8) is 0 Å². The fourth-order valence-corrected chi connectivity index (χ4v) is 6.25. The van der Waals surface area contributed by atoms with Crippen LogP contribution in [0.1, 0.15) is 45.4 Å². The van der Waals surface area contributed by atoms with E-state index in [9.17, 15) is 9.59 Å². The number of anilines is 1. The molecule has 4 saturated carbocycles. The van der Waals surface area contributed by atoms with Crippen LogP contribution in [0.5, 0.6) is 5.75 Å². The molecule has 0 spiro atoms. The van der Waals surface area contributed by atoms with Crippen molar-refractivity contribution in [2.75, 3.05) is 32.1 Å². The van der Waals surface area contributed by atoms with Gasteiger partial charge in [-0.2, -0.15) is 0 Å². The van der Waals surface area contributed by atoms with Crippen LogP contribution in [0, 0.1) is 17.8 Å². The van der Waals surface area contributed by atoms with Gasteiger partial charge >= 0.3 is 0 Å². The Hall–Kier alpha value is -2.08. The Balaban J connectivity index is 1.28. The number of hydrogen-bond acceptors (Lipinski definition) is 3. The van der Waals surface area contributed by atoms with Crippen LogP contribution in [0.2, 0.25) is 0 Å². The Kier molecular flexibility index (Phi) is 5.81. The normalized spacial score (nSPS) is 30.6. The number of likely N-dealkylation sites (N-methyl/N-ethyl adjacent to an activating group) is 1. The van der Waals surface area contributed by atoms with Crippen molar-refractivity contribution in [3.05, 3.63) is 24.3 Å². The molecular weight excluding hydrogens is 366 g/mol. The van der Waals surface area contributed by atoms with Gasteiger partial charge in [0.25, 0.3) is 11.8 Å².